The number of nitrogens with one attached hydrogen (secondary N) is 1. The van der Waals surface area contributed by atoms with E-state index in [4.69, 9.17) is 16.3 Å². The molecule has 0 saturated heterocycles. The Morgan fingerprint density at radius 1 is 1.36 bits per heavy atom. The quantitative estimate of drug-likeness (QED) is 0.324. The normalized spacial score (nSPS) is 11.4. The fraction of sp³-hybridized carbons (Fsp3) is 0.267. The van der Waals surface area contributed by atoms with Crippen LogP contribution in [0.25, 0.3) is 11.1 Å². The number of methoxy groups -OCH3 is 1. The molecule has 0 bridgehead atoms. The second-order valence-corrected chi connectivity index (χ2v) is 7.88. The molecular formula is C15H17ClIN6OP. The van der Waals surface area contributed by atoms with Crippen molar-refractivity contribution in [3.8, 4) is 16.9 Å². The van der Waals surface area contributed by atoms with E-state index in [1.165, 1.54) is 0 Å². The SMILES string of the molecule is COc1c(Nc2cc(C)n(PI)n2)nc(Cl)c(C)c1-c1cnn(C)c1. The van der Waals surface area contributed by atoms with E-state index in [-0.39, 0.29) is 0 Å². The maximum absolute atomic E-state index is 6.38. The minimum absolute atomic E-state index is 0.411. The monoisotopic (exact) mass is 490 g/mol. The van der Waals surface area contributed by atoms with Crippen molar-refractivity contribution in [2.75, 3.05) is 12.4 Å². The van der Waals surface area contributed by atoms with Gasteiger partial charge in [-0.3, -0.25) is 4.68 Å². The molecule has 0 aromatic carbocycles. The van der Waals surface area contributed by atoms with Crippen molar-refractivity contribution >= 4 is 51.7 Å². The van der Waals surface area contributed by atoms with Crippen molar-refractivity contribution < 1.29 is 4.74 Å². The van der Waals surface area contributed by atoms with Gasteiger partial charge in [0.1, 0.15) is 5.15 Å². The summed E-state index contributed by atoms with van der Waals surface area (Å²) in [5.41, 5.74) is 3.69. The van der Waals surface area contributed by atoms with Crippen molar-refractivity contribution in [3.63, 3.8) is 0 Å². The summed E-state index contributed by atoms with van der Waals surface area (Å²) in [4.78, 5) is 4.45. The Bertz CT molecular complexity index is 925. The van der Waals surface area contributed by atoms with Crippen LogP contribution in [-0.2, 0) is 7.05 Å². The van der Waals surface area contributed by atoms with Crippen LogP contribution in [-0.4, -0.2) is 31.4 Å². The summed E-state index contributed by atoms with van der Waals surface area (Å²) in [7, 11) is 3.49. The van der Waals surface area contributed by atoms with Gasteiger partial charge >= 0.3 is 0 Å². The Labute approximate surface area is 165 Å². The molecule has 0 saturated carbocycles. The van der Waals surface area contributed by atoms with Crippen LogP contribution in [0.2, 0.25) is 5.15 Å². The van der Waals surface area contributed by atoms with Gasteiger partial charge in [-0.1, -0.05) is 11.6 Å². The van der Waals surface area contributed by atoms with Crippen molar-refractivity contribution in [2.45, 2.75) is 13.8 Å². The van der Waals surface area contributed by atoms with E-state index in [0.29, 0.717) is 28.9 Å². The van der Waals surface area contributed by atoms with E-state index in [9.17, 15) is 0 Å². The lowest BCUT2D eigenvalue weighted by molar-refractivity contribution is 0.416. The van der Waals surface area contributed by atoms with Gasteiger partial charge in [0.2, 0.25) is 0 Å². The average molecular weight is 491 g/mol. The van der Waals surface area contributed by atoms with Crippen molar-refractivity contribution in [1.29, 1.82) is 0 Å². The highest BCUT2D eigenvalue weighted by molar-refractivity contribution is 14.2. The number of anilines is 2. The largest absolute Gasteiger partial charge is 0.492 e. The van der Waals surface area contributed by atoms with E-state index in [0.717, 1.165) is 22.4 Å². The Morgan fingerprint density at radius 3 is 2.68 bits per heavy atom. The highest BCUT2D eigenvalue weighted by Gasteiger charge is 2.20. The standard InChI is InChI=1S/C15H17ClIN6OP/c1-8-5-11(21-23(8)25-17)19-15-13(24-4)12(9(2)14(16)20-15)10-6-18-22(3)7-10/h5-7,25H,1-4H3,(H,19,20,21). The summed E-state index contributed by atoms with van der Waals surface area (Å²) < 4.78 is 9.32. The summed E-state index contributed by atoms with van der Waals surface area (Å²) in [5.74, 6) is 1.84. The second kappa shape index (κ2) is 7.47. The molecule has 0 aliphatic heterocycles. The van der Waals surface area contributed by atoms with Crippen molar-refractivity contribution in [2.24, 2.45) is 7.05 Å². The van der Waals surface area contributed by atoms with Gasteiger partial charge in [-0.2, -0.15) is 10.2 Å². The molecule has 0 fully saturated rings. The Hall–Kier alpha value is -1.38. The van der Waals surface area contributed by atoms with Gasteiger partial charge in [0.15, 0.2) is 17.4 Å². The number of nitrogens with zero attached hydrogens (tertiary/aromatic N) is 5. The minimum atomic E-state index is 0.411. The van der Waals surface area contributed by atoms with Crippen LogP contribution in [0.5, 0.6) is 5.75 Å². The number of halogens is 2. The smallest absolute Gasteiger partial charge is 0.176 e. The number of rotatable bonds is 5. The summed E-state index contributed by atoms with van der Waals surface area (Å²) in [6, 6.07) is 1.96. The fourth-order valence-electron chi connectivity index (χ4n) is 2.55. The van der Waals surface area contributed by atoms with Crippen LogP contribution >= 0.6 is 40.0 Å². The Morgan fingerprint density at radius 2 is 2.12 bits per heavy atom. The highest BCUT2D eigenvalue weighted by Crippen LogP contribution is 2.41. The zero-order chi connectivity index (χ0) is 18.1. The third kappa shape index (κ3) is 3.61. The number of hydrogen-bond donors (Lipinski definition) is 1. The number of ether oxygens (including phenoxy) is 1. The maximum atomic E-state index is 6.38. The fourth-order valence-corrected chi connectivity index (χ4v) is 4.54. The molecule has 0 amide bonds. The number of pyridine rings is 1. The summed E-state index contributed by atoms with van der Waals surface area (Å²) in [5, 5.41) is 12.4. The summed E-state index contributed by atoms with van der Waals surface area (Å²) >= 11 is 8.67. The highest BCUT2D eigenvalue weighted by atomic mass is 127. The molecule has 1 unspecified atom stereocenters. The predicted octanol–water partition coefficient (Wildman–Crippen LogP) is 4.49. The summed E-state index contributed by atoms with van der Waals surface area (Å²) in [6.45, 7) is 3.93. The zero-order valence-corrected chi connectivity index (χ0v) is 18.0. The van der Waals surface area contributed by atoms with E-state index < -0.39 is 0 Å². The van der Waals surface area contributed by atoms with Gasteiger partial charge in [0.05, 0.1) is 19.7 Å². The molecule has 1 atom stereocenters. The van der Waals surface area contributed by atoms with Crippen LogP contribution < -0.4 is 10.1 Å². The molecule has 3 aromatic heterocycles. The minimum Gasteiger partial charge on any atom is -0.492 e. The molecular weight excluding hydrogens is 474 g/mol. The van der Waals surface area contributed by atoms with Crippen molar-refractivity contribution in [3.05, 3.63) is 34.9 Å². The first-order chi connectivity index (χ1) is 11.9. The predicted molar refractivity (Wildman–Crippen MR) is 111 cm³/mol. The third-order valence-corrected chi connectivity index (χ3v) is 6.10. The Kier molecular flexibility index (Phi) is 5.50. The lowest BCUT2D eigenvalue weighted by Gasteiger charge is -2.16. The van der Waals surface area contributed by atoms with Gasteiger partial charge in [0.25, 0.3) is 0 Å². The number of aryl methyl sites for hydroxylation is 2. The first-order valence-corrected chi connectivity index (χ1v) is 11.8. The lowest BCUT2D eigenvalue weighted by atomic mass is 10.0. The van der Waals surface area contributed by atoms with Crippen LogP contribution in [0, 0.1) is 13.8 Å². The topological polar surface area (TPSA) is 69.8 Å². The molecule has 0 spiro atoms. The first kappa shape index (κ1) is 18.4. The van der Waals surface area contributed by atoms with Gasteiger partial charge < -0.3 is 10.1 Å². The van der Waals surface area contributed by atoms with Gasteiger partial charge in [0, 0.05) is 36.1 Å². The zero-order valence-electron chi connectivity index (χ0n) is 14.1. The lowest BCUT2D eigenvalue weighted by Crippen LogP contribution is -2.02. The van der Waals surface area contributed by atoms with Gasteiger partial charge in [-0.15, -0.1) is 0 Å². The molecule has 132 valence electrons. The van der Waals surface area contributed by atoms with Crippen LogP contribution in [0.3, 0.4) is 0 Å². The van der Waals surface area contributed by atoms with Crippen molar-refractivity contribution in [1.82, 2.24) is 24.3 Å². The molecule has 25 heavy (non-hydrogen) atoms. The van der Waals surface area contributed by atoms with Gasteiger partial charge in [-0.05, 0) is 41.5 Å². The first-order valence-electron chi connectivity index (χ1n) is 7.38. The molecule has 0 radical (unpaired) electrons. The molecule has 1 N–H and O–H groups in total. The molecule has 0 aliphatic carbocycles. The van der Waals surface area contributed by atoms with E-state index >= 15 is 0 Å². The molecule has 3 heterocycles. The van der Waals surface area contributed by atoms with Gasteiger partial charge in [-0.25, -0.2) is 9.44 Å². The molecule has 7 nitrogen and oxygen atoms in total. The maximum Gasteiger partial charge on any atom is 0.176 e. The Balaban J connectivity index is 2.11. The molecule has 0 aliphatic rings. The summed E-state index contributed by atoms with van der Waals surface area (Å²) in [6.07, 6.45) is 4.22. The molecule has 3 aromatic rings. The number of aromatic nitrogens is 5. The molecule has 10 heteroatoms. The third-order valence-electron chi connectivity index (χ3n) is 3.75. The number of hydrogen-bond acceptors (Lipinski definition) is 5. The van der Waals surface area contributed by atoms with Crippen LogP contribution in [0.1, 0.15) is 11.3 Å². The second-order valence-electron chi connectivity index (χ2n) is 5.48. The van der Waals surface area contributed by atoms with E-state index in [2.05, 4.69) is 42.5 Å². The van der Waals surface area contributed by atoms with Crippen LogP contribution in [0.4, 0.5) is 11.6 Å². The van der Waals surface area contributed by atoms with Crippen LogP contribution in [0.15, 0.2) is 18.5 Å². The van der Waals surface area contributed by atoms with E-state index in [1.807, 2.05) is 37.6 Å². The molecule has 3 rings (SSSR count). The average Bonchev–Trinajstić information content (AvgIpc) is 3.15. The van der Waals surface area contributed by atoms with E-state index in [1.54, 1.807) is 18.0 Å².